The zero-order chi connectivity index (χ0) is 17.8. The van der Waals surface area contributed by atoms with Gasteiger partial charge in [-0.05, 0) is 36.4 Å². The molecular formula is C22H21N3O. The van der Waals surface area contributed by atoms with Crippen molar-refractivity contribution in [1.82, 2.24) is 9.55 Å². The first kappa shape index (κ1) is 16.4. The van der Waals surface area contributed by atoms with E-state index in [9.17, 15) is 5.11 Å². The number of hydrogen-bond donors (Lipinski definition) is 1. The molecule has 4 rings (SSSR count). The average Bonchev–Trinajstić information content (AvgIpc) is 3.10. The molecule has 1 N–H and O–H groups in total. The first-order valence-electron chi connectivity index (χ1n) is 8.77. The maximum atomic E-state index is 10.8. The summed E-state index contributed by atoms with van der Waals surface area (Å²) in [6.45, 7) is 0.997. The highest BCUT2D eigenvalue weighted by Crippen LogP contribution is 2.25. The molecule has 0 amide bonds. The van der Waals surface area contributed by atoms with E-state index in [0.29, 0.717) is 13.1 Å². The monoisotopic (exact) mass is 343 g/mol. The molecule has 0 fully saturated rings. The van der Waals surface area contributed by atoms with Crippen LogP contribution >= 0.6 is 0 Å². The molecule has 0 spiro atoms. The SMILES string of the molecule is OC(CN(c1ccccc1)c1ccccc1)Cn1cnc2ccccc21. The minimum Gasteiger partial charge on any atom is -0.389 e. The molecule has 1 atom stereocenters. The Bertz CT molecular complexity index is 927. The summed E-state index contributed by atoms with van der Waals surface area (Å²) >= 11 is 0. The van der Waals surface area contributed by atoms with Crippen molar-refractivity contribution in [1.29, 1.82) is 0 Å². The van der Waals surface area contributed by atoms with Crippen LogP contribution in [0, 0.1) is 0 Å². The first-order chi connectivity index (χ1) is 12.8. The van der Waals surface area contributed by atoms with E-state index in [4.69, 9.17) is 0 Å². The third kappa shape index (κ3) is 3.46. The van der Waals surface area contributed by atoms with Crippen LogP contribution in [0.2, 0.25) is 0 Å². The van der Waals surface area contributed by atoms with Crippen molar-refractivity contribution < 1.29 is 5.11 Å². The molecule has 0 aliphatic heterocycles. The fraction of sp³-hybridized carbons (Fsp3) is 0.136. The van der Waals surface area contributed by atoms with Gasteiger partial charge in [-0.2, -0.15) is 0 Å². The number of benzene rings is 3. The lowest BCUT2D eigenvalue weighted by atomic mass is 10.2. The number of aliphatic hydroxyl groups excluding tert-OH is 1. The minimum absolute atomic E-state index is 0.497. The van der Waals surface area contributed by atoms with E-state index in [0.717, 1.165) is 22.4 Å². The lowest BCUT2D eigenvalue weighted by Crippen LogP contribution is -2.31. The number of nitrogens with zero attached hydrogens (tertiary/aromatic N) is 3. The van der Waals surface area contributed by atoms with Crippen LogP contribution in [-0.2, 0) is 6.54 Å². The van der Waals surface area contributed by atoms with Gasteiger partial charge in [0.2, 0.25) is 0 Å². The van der Waals surface area contributed by atoms with Crippen LogP contribution in [0.1, 0.15) is 0 Å². The van der Waals surface area contributed by atoms with Crippen molar-refractivity contribution >= 4 is 22.4 Å². The lowest BCUT2D eigenvalue weighted by molar-refractivity contribution is 0.163. The number of rotatable bonds is 6. The van der Waals surface area contributed by atoms with Gasteiger partial charge >= 0.3 is 0 Å². The van der Waals surface area contributed by atoms with E-state index in [-0.39, 0.29) is 0 Å². The van der Waals surface area contributed by atoms with E-state index in [1.165, 1.54) is 0 Å². The van der Waals surface area contributed by atoms with Crippen molar-refractivity contribution in [3.63, 3.8) is 0 Å². The van der Waals surface area contributed by atoms with E-state index >= 15 is 0 Å². The van der Waals surface area contributed by atoms with E-state index in [2.05, 4.69) is 34.1 Å². The number of anilines is 2. The zero-order valence-electron chi connectivity index (χ0n) is 14.4. The summed E-state index contributed by atoms with van der Waals surface area (Å²) in [6, 6.07) is 28.3. The van der Waals surface area contributed by atoms with Crippen molar-refractivity contribution in [2.24, 2.45) is 0 Å². The summed E-state index contributed by atoms with van der Waals surface area (Å²) in [7, 11) is 0. The third-order valence-corrected chi connectivity index (χ3v) is 4.46. The summed E-state index contributed by atoms with van der Waals surface area (Å²) < 4.78 is 2.01. The Labute approximate surface area is 153 Å². The van der Waals surface area contributed by atoms with Gasteiger partial charge in [-0.25, -0.2) is 4.98 Å². The van der Waals surface area contributed by atoms with Crippen molar-refractivity contribution in [2.45, 2.75) is 12.6 Å². The quantitative estimate of drug-likeness (QED) is 0.569. The number of aromatic nitrogens is 2. The summed E-state index contributed by atoms with van der Waals surface area (Å²) in [5, 5.41) is 10.8. The molecule has 4 aromatic rings. The van der Waals surface area contributed by atoms with Crippen molar-refractivity contribution in [3.05, 3.63) is 91.3 Å². The van der Waals surface area contributed by atoms with Crippen LogP contribution in [0.5, 0.6) is 0 Å². The molecule has 0 radical (unpaired) electrons. The van der Waals surface area contributed by atoms with Crippen LogP contribution in [0.4, 0.5) is 11.4 Å². The first-order valence-corrected chi connectivity index (χ1v) is 8.77. The highest BCUT2D eigenvalue weighted by molar-refractivity contribution is 5.74. The second-order valence-corrected chi connectivity index (χ2v) is 6.32. The molecule has 0 saturated carbocycles. The average molecular weight is 343 g/mol. The molecule has 0 saturated heterocycles. The molecule has 1 aromatic heterocycles. The zero-order valence-corrected chi connectivity index (χ0v) is 14.4. The van der Waals surface area contributed by atoms with E-state index in [1.54, 1.807) is 6.33 Å². The summed E-state index contributed by atoms with van der Waals surface area (Å²) in [4.78, 5) is 6.55. The van der Waals surface area contributed by atoms with Gasteiger partial charge in [0.25, 0.3) is 0 Å². The fourth-order valence-electron chi connectivity index (χ4n) is 3.23. The maximum Gasteiger partial charge on any atom is 0.0959 e. The Morgan fingerprint density at radius 1 is 0.808 bits per heavy atom. The number of aliphatic hydroxyl groups is 1. The number of para-hydroxylation sites is 4. The highest BCUT2D eigenvalue weighted by Gasteiger charge is 2.15. The van der Waals surface area contributed by atoms with Gasteiger partial charge in [0.15, 0.2) is 0 Å². The second kappa shape index (κ2) is 7.42. The number of hydrogen-bond acceptors (Lipinski definition) is 3. The summed E-state index contributed by atoms with van der Waals surface area (Å²) in [5.41, 5.74) is 4.11. The molecule has 0 aliphatic rings. The topological polar surface area (TPSA) is 41.3 Å². The van der Waals surface area contributed by atoms with Gasteiger partial charge in [-0.1, -0.05) is 48.5 Å². The van der Waals surface area contributed by atoms with Crippen LogP contribution in [0.15, 0.2) is 91.3 Å². The van der Waals surface area contributed by atoms with Crippen molar-refractivity contribution in [3.8, 4) is 0 Å². The molecule has 26 heavy (non-hydrogen) atoms. The lowest BCUT2D eigenvalue weighted by Gasteiger charge is -2.27. The number of imidazole rings is 1. The van der Waals surface area contributed by atoms with Crippen LogP contribution in [-0.4, -0.2) is 27.3 Å². The molecule has 0 aliphatic carbocycles. The van der Waals surface area contributed by atoms with Crippen molar-refractivity contribution in [2.75, 3.05) is 11.4 Å². The smallest absolute Gasteiger partial charge is 0.0959 e. The molecule has 0 bridgehead atoms. The van der Waals surface area contributed by atoms with Gasteiger partial charge in [0, 0.05) is 11.4 Å². The standard InChI is InChI=1S/C22H21N3O/c26-20(15-24-17-23-21-13-7-8-14-22(21)24)16-25(18-9-3-1-4-10-18)19-11-5-2-6-12-19/h1-14,17,20,26H,15-16H2. The normalized spacial score (nSPS) is 12.2. The largest absolute Gasteiger partial charge is 0.389 e. The Morgan fingerprint density at radius 3 is 2.04 bits per heavy atom. The second-order valence-electron chi connectivity index (χ2n) is 6.32. The van der Waals surface area contributed by atoms with E-state index < -0.39 is 6.10 Å². The Morgan fingerprint density at radius 2 is 1.38 bits per heavy atom. The summed E-state index contributed by atoms with van der Waals surface area (Å²) in [6.07, 6.45) is 1.26. The van der Waals surface area contributed by atoms with Gasteiger partial charge in [-0.3, -0.25) is 0 Å². The van der Waals surface area contributed by atoms with Gasteiger partial charge < -0.3 is 14.6 Å². The molecule has 1 unspecified atom stereocenters. The summed E-state index contributed by atoms with van der Waals surface area (Å²) in [5.74, 6) is 0. The molecule has 1 heterocycles. The predicted octanol–water partition coefficient (Wildman–Crippen LogP) is 4.24. The molecule has 130 valence electrons. The van der Waals surface area contributed by atoms with Crippen LogP contribution in [0.3, 0.4) is 0 Å². The van der Waals surface area contributed by atoms with Gasteiger partial charge in [0.1, 0.15) is 0 Å². The van der Waals surface area contributed by atoms with E-state index in [1.807, 2.05) is 65.2 Å². The molecule has 4 nitrogen and oxygen atoms in total. The molecule has 4 heteroatoms. The predicted molar refractivity (Wildman–Crippen MR) is 106 cm³/mol. The Balaban J connectivity index is 1.57. The molecular weight excluding hydrogens is 322 g/mol. The fourth-order valence-corrected chi connectivity index (χ4v) is 3.23. The van der Waals surface area contributed by atoms with Gasteiger partial charge in [0.05, 0.1) is 36.6 Å². The van der Waals surface area contributed by atoms with Crippen LogP contribution in [0.25, 0.3) is 11.0 Å². The Kier molecular flexibility index (Phi) is 4.67. The maximum absolute atomic E-state index is 10.8. The number of fused-ring (bicyclic) bond motifs is 1. The highest BCUT2D eigenvalue weighted by atomic mass is 16.3. The Hall–Kier alpha value is -3.11. The van der Waals surface area contributed by atoms with Gasteiger partial charge in [-0.15, -0.1) is 0 Å². The minimum atomic E-state index is -0.534. The third-order valence-electron chi connectivity index (χ3n) is 4.46. The molecule has 3 aromatic carbocycles. The van der Waals surface area contributed by atoms with Crippen LogP contribution < -0.4 is 4.90 Å².